The lowest BCUT2D eigenvalue weighted by Gasteiger charge is -2.15. The first-order valence-electron chi connectivity index (χ1n) is 5.21. The van der Waals surface area contributed by atoms with Crippen LogP contribution in [0.2, 0.25) is 0 Å². The summed E-state index contributed by atoms with van der Waals surface area (Å²) in [4.78, 5) is 11.3. The maximum Gasteiger partial charge on any atom is 0.331 e. The van der Waals surface area contributed by atoms with E-state index in [4.69, 9.17) is 4.74 Å². The number of methoxy groups -OCH3 is 1. The molecule has 1 unspecified atom stereocenters. The van der Waals surface area contributed by atoms with E-state index in [1.165, 1.54) is 0 Å². The SMILES string of the molecule is COc1ccc(C(C(=O)O)n2cccc2)cc1. The second-order valence-corrected chi connectivity index (χ2v) is 3.64. The number of ether oxygens (including phenoxy) is 1. The first-order valence-corrected chi connectivity index (χ1v) is 5.21. The van der Waals surface area contributed by atoms with Crippen LogP contribution in [0.25, 0.3) is 0 Å². The van der Waals surface area contributed by atoms with Crippen molar-refractivity contribution < 1.29 is 14.6 Å². The summed E-state index contributed by atoms with van der Waals surface area (Å²) in [5.74, 6) is -0.170. The predicted octanol–water partition coefficient (Wildman–Crippen LogP) is 2.17. The van der Waals surface area contributed by atoms with Crippen LogP contribution in [0.15, 0.2) is 48.8 Å². The van der Waals surface area contributed by atoms with Crippen LogP contribution in [-0.2, 0) is 4.79 Å². The third-order valence-corrected chi connectivity index (χ3v) is 2.59. The minimum atomic E-state index is -0.883. The summed E-state index contributed by atoms with van der Waals surface area (Å²) in [5.41, 5.74) is 0.717. The molecule has 0 saturated heterocycles. The summed E-state index contributed by atoms with van der Waals surface area (Å²) in [6.07, 6.45) is 3.48. The van der Waals surface area contributed by atoms with E-state index in [2.05, 4.69) is 0 Å². The van der Waals surface area contributed by atoms with E-state index in [0.29, 0.717) is 5.75 Å². The summed E-state index contributed by atoms with van der Waals surface area (Å²) >= 11 is 0. The van der Waals surface area contributed by atoms with Gasteiger partial charge in [-0.2, -0.15) is 0 Å². The molecule has 0 saturated carbocycles. The maximum atomic E-state index is 11.3. The Hall–Kier alpha value is -2.23. The predicted molar refractivity (Wildman–Crippen MR) is 63.2 cm³/mol. The molecule has 0 aliphatic carbocycles. The second-order valence-electron chi connectivity index (χ2n) is 3.64. The first kappa shape index (κ1) is 11.3. The fourth-order valence-electron chi connectivity index (χ4n) is 1.75. The third kappa shape index (κ3) is 2.30. The number of carboxylic acid groups (broad SMARTS) is 1. The summed E-state index contributed by atoms with van der Waals surface area (Å²) in [7, 11) is 1.58. The fraction of sp³-hybridized carbons (Fsp3) is 0.154. The number of nitrogens with zero attached hydrogens (tertiary/aromatic N) is 1. The van der Waals surface area contributed by atoms with E-state index in [1.54, 1.807) is 60.5 Å². The van der Waals surface area contributed by atoms with Gasteiger partial charge in [0.15, 0.2) is 6.04 Å². The highest BCUT2D eigenvalue weighted by Gasteiger charge is 2.20. The fourth-order valence-corrected chi connectivity index (χ4v) is 1.75. The zero-order valence-electron chi connectivity index (χ0n) is 9.41. The second kappa shape index (κ2) is 4.74. The Kier molecular flexibility index (Phi) is 3.14. The van der Waals surface area contributed by atoms with Crippen molar-refractivity contribution in [1.29, 1.82) is 0 Å². The van der Waals surface area contributed by atoms with Crippen molar-refractivity contribution in [2.75, 3.05) is 7.11 Å². The zero-order chi connectivity index (χ0) is 12.3. The number of hydrogen-bond acceptors (Lipinski definition) is 2. The third-order valence-electron chi connectivity index (χ3n) is 2.59. The molecule has 0 radical (unpaired) electrons. The highest BCUT2D eigenvalue weighted by molar-refractivity contribution is 5.76. The molecule has 0 aliphatic heterocycles. The molecule has 0 bridgehead atoms. The molecule has 0 spiro atoms. The largest absolute Gasteiger partial charge is 0.497 e. The van der Waals surface area contributed by atoms with Crippen molar-refractivity contribution in [3.05, 3.63) is 54.4 Å². The van der Waals surface area contributed by atoms with Crippen LogP contribution in [0, 0.1) is 0 Å². The van der Waals surface area contributed by atoms with Gasteiger partial charge in [0.05, 0.1) is 7.11 Å². The monoisotopic (exact) mass is 231 g/mol. The average Bonchev–Trinajstić information content (AvgIpc) is 2.83. The zero-order valence-corrected chi connectivity index (χ0v) is 9.41. The number of carbonyl (C=O) groups is 1. The Morgan fingerprint density at radius 1 is 1.24 bits per heavy atom. The number of aromatic nitrogens is 1. The van der Waals surface area contributed by atoms with Crippen molar-refractivity contribution >= 4 is 5.97 Å². The molecule has 17 heavy (non-hydrogen) atoms. The maximum absolute atomic E-state index is 11.3. The Balaban J connectivity index is 2.36. The van der Waals surface area contributed by atoms with Gasteiger partial charge in [-0.15, -0.1) is 0 Å². The number of carboxylic acids is 1. The number of hydrogen-bond donors (Lipinski definition) is 1. The van der Waals surface area contributed by atoms with Crippen LogP contribution in [0.3, 0.4) is 0 Å². The Morgan fingerprint density at radius 3 is 2.29 bits per heavy atom. The van der Waals surface area contributed by atoms with Crippen LogP contribution >= 0.6 is 0 Å². The van der Waals surface area contributed by atoms with Crippen LogP contribution < -0.4 is 4.74 Å². The smallest absolute Gasteiger partial charge is 0.331 e. The normalized spacial score (nSPS) is 12.1. The lowest BCUT2D eigenvalue weighted by atomic mass is 10.1. The van der Waals surface area contributed by atoms with Crippen molar-refractivity contribution in [3.63, 3.8) is 0 Å². The minimum absolute atomic E-state index is 0.698. The van der Waals surface area contributed by atoms with Gasteiger partial charge in [0, 0.05) is 12.4 Å². The van der Waals surface area contributed by atoms with Crippen LogP contribution in [0.4, 0.5) is 0 Å². The average molecular weight is 231 g/mol. The molecule has 1 N–H and O–H groups in total. The molecule has 2 rings (SSSR count). The van der Waals surface area contributed by atoms with Crippen molar-refractivity contribution in [2.24, 2.45) is 0 Å². The molecule has 2 aromatic rings. The molecule has 0 amide bonds. The Morgan fingerprint density at radius 2 is 1.82 bits per heavy atom. The van der Waals surface area contributed by atoms with E-state index < -0.39 is 12.0 Å². The quantitative estimate of drug-likeness (QED) is 0.877. The summed E-state index contributed by atoms with van der Waals surface area (Å²) in [6, 6.07) is 9.95. The summed E-state index contributed by atoms with van der Waals surface area (Å²) in [5, 5.41) is 9.27. The van der Waals surface area contributed by atoms with Gasteiger partial charge in [0.2, 0.25) is 0 Å². The molecule has 4 nitrogen and oxygen atoms in total. The molecule has 1 aromatic heterocycles. The summed E-state index contributed by atoms with van der Waals surface area (Å²) < 4.78 is 6.70. The van der Waals surface area contributed by atoms with E-state index in [0.717, 1.165) is 5.56 Å². The molecule has 0 aliphatic rings. The number of benzene rings is 1. The Labute approximate surface area is 99.1 Å². The molecule has 88 valence electrons. The molecule has 1 atom stereocenters. The molecular formula is C13H13NO3. The van der Waals surface area contributed by atoms with Crippen LogP contribution in [0.5, 0.6) is 5.75 Å². The van der Waals surface area contributed by atoms with Crippen LogP contribution in [-0.4, -0.2) is 22.8 Å². The number of aliphatic carboxylic acids is 1. The van der Waals surface area contributed by atoms with Gasteiger partial charge in [0.25, 0.3) is 0 Å². The van der Waals surface area contributed by atoms with Crippen molar-refractivity contribution in [1.82, 2.24) is 4.57 Å². The van der Waals surface area contributed by atoms with Gasteiger partial charge >= 0.3 is 5.97 Å². The first-order chi connectivity index (χ1) is 8.22. The van der Waals surface area contributed by atoms with Gasteiger partial charge < -0.3 is 14.4 Å². The van der Waals surface area contributed by atoms with E-state index >= 15 is 0 Å². The molecule has 0 fully saturated rings. The van der Waals surface area contributed by atoms with Gasteiger partial charge in [-0.25, -0.2) is 4.79 Å². The van der Waals surface area contributed by atoms with E-state index in [1.807, 2.05) is 0 Å². The lowest BCUT2D eigenvalue weighted by molar-refractivity contribution is -0.139. The van der Waals surface area contributed by atoms with Gasteiger partial charge in [-0.05, 0) is 29.8 Å². The van der Waals surface area contributed by atoms with Gasteiger partial charge in [-0.1, -0.05) is 12.1 Å². The minimum Gasteiger partial charge on any atom is -0.497 e. The van der Waals surface area contributed by atoms with E-state index in [9.17, 15) is 9.90 Å². The molecule has 4 heteroatoms. The van der Waals surface area contributed by atoms with Gasteiger partial charge in [-0.3, -0.25) is 0 Å². The lowest BCUT2D eigenvalue weighted by Crippen LogP contribution is -2.18. The number of rotatable bonds is 4. The highest BCUT2D eigenvalue weighted by atomic mass is 16.5. The van der Waals surface area contributed by atoms with E-state index in [-0.39, 0.29) is 0 Å². The molecule has 1 aromatic carbocycles. The van der Waals surface area contributed by atoms with Gasteiger partial charge in [0.1, 0.15) is 5.75 Å². The Bertz CT molecular complexity index is 488. The molecular weight excluding hydrogens is 218 g/mol. The highest BCUT2D eigenvalue weighted by Crippen LogP contribution is 2.21. The summed E-state index contributed by atoms with van der Waals surface area (Å²) in [6.45, 7) is 0. The standard InChI is InChI=1S/C13H13NO3/c1-17-11-6-4-10(5-7-11)12(13(15)16)14-8-2-3-9-14/h2-9,12H,1H3,(H,15,16). The molecule has 1 heterocycles. The topological polar surface area (TPSA) is 51.5 Å². The van der Waals surface area contributed by atoms with Crippen molar-refractivity contribution in [3.8, 4) is 5.75 Å². The van der Waals surface area contributed by atoms with Crippen molar-refractivity contribution in [2.45, 2.75) is 6.04 Å². The van der Waals surface area contributed by atoms with Crippen LogP contribution in [0.1, 0.15) is 11.6 Å².